The first kappa shape index (κ1) is 19.4. The monoisotopic (exact) mass is 376 g/mol. The molecule has 1 amide bonds. The molecule has 3 rings (SSSR count). The molecule has 0 spiro atoms. The summed E-state index contributed by atoms with van der Waals surface area (Å²) in [5.41, 5.74) is 2.77. The van der Waals surface area contributed by atoms with E-state index in [0.29, 0.717) is 24.5 Å². The Bertz CT molecular complexity index is 898. The average molecular weight is 376 g/mol. The van der Waals surface area contributed by atoms with Gasteiger partial charge in [-0.05, 0) is 42.3 Å². The van der Waals surface area contributed by atoms with Crippen LogP contribution in [0.25, 0.3) is 0 Å². The summed E-state index contributed by atoms with van der Waals surface area (Å²) in [4.78, 5) is 22.7. The number of carbonyl (C=O) groups excluding carboxylic acids is 1. The highest BCUT2D eigenvalue weighted by Gasteiger charge is 2.12. The zero-order valence-electron chi connectivity index (χ0n) is 16.1. The van der Waals surface area contributed by atoms with Crippen molar-refractivity contribution in [1.29, 1.82) is 0 Å². The third-order valence-corrected chi connectivity index (χ3v) is 4.49. The van der Waals surface area contributed by atoms with Crippen molar-refractivity contribution in [3.05, 3.63) is 83.8 Å². The van der Waals surface area contributed by atoms with E-state index in [4.69, 9.17) is 4.74 Å². The summed E-state index contributed by atoms with van der Waals surface area (Å²) in [5, 5.41) is 3.26. The van der Waals surface area contributed by atoms with Crippen molar-refractivity contribution in [2.24, 2.45) is 0 Å². The molecule has 2 aromatic heterocycles. The van der Waals surface area contributed by atoms with Crippen molar-refractivity contribution in [3.8, 4) is 5.75 Å². The highest BCUT2D eigenvalue weighted by atomic mass is 16.5. The molecule has 0 aliphatic carbocycles. The largest absolute Gasteiger partial charge is 0.496 e. The lowest BCUT2D eigenvalue weighted by molar-refractivity contribution is 0.0796. The van der Waals surface area contributed by atoms with Gasteiger partial charge in [-0.1, -0.05) is 18.2 Å². The lowest BCUT2D eigenvalue weighted by Crippen LogP contribution is -2.29. The lowest BCUT2D eigenvalue weighted by atomic mass is 10.2. The second-order valence-corrected chi connectivity index (χ2v) is 6.43. The number of para-hydroxylation sites is 1. The van der Waals surface area contributed by atoms with E-state index in [9.17, 15) is 4.79 Å². The predicted octanol–water partition coefficient (Wildman–Crippen LogP) is 3.41. The second-order valence-electron chi connectivity index (χ2n) is 6.43. The fourth-order valence-corrected chi connectivity index (χ4v) is 2.83. The molecule has 0 radical (unpaired) electrons. The van der Waals surface area contributed by atoms with Crippen LogP contribution in [0.4, 0.5) is 5.82 Å². The highest BCUT2D eigenvalue weighted by molar-refractivity contribution is 5.93. The van der Waals surface area contributed by atoms with E-state index in [2.05, 4.69) is 15.3 Å². The number of ether oxygens (including phenoxy) is 1. The molecule has 0 unspecified atom stereocenters. The molecule has 1 N–H and O–H groups in total. The van der Waals surface area contributed by atoms with E-state index >= 15 is 0 Å². The Morgan fingerprint density at radius 3 is 2.61 bits per heavy atom. The minimum absolute atomic E-state index is 0.0437. The summed E-state index contributed by atoms with van der Waals surface area (Å²) in [7, 11) is 3.46. The molecular weight excluding hydrogens is 352 g/mol. The predicted molar refractivity (Wildman–Crippen MR) is 109 cm³/mol. The van der Waals surface area contributed by atoms with Gasteiger partial charge in [0, 0.05) is 44.3 Å². The number of pyridine rings is 2. The standard InChI is InChI=1S/C22H24N4O2/c1-26(14-11-17-9-12-23-13-10-17)22(27)19-7-8-21(25-16-19)24-15-18-5-3-4-6-20(18)28-2/h3-10,12-13,16H,11,14-15H2,1-2H3,(H,24,25). The number of nitrogens with zero attached hydrogens (tertiary/aromatic N) is 3. The first-order valence-electron chi connectivity index (χ1n) is 9.13. The number of anilines is 1. The number of rotatable bonds is 8. The third kappa shape index (κ3) is 5.07. The number of aromatic nitrogens is 2. The number of hydrogen-bond donors (Lipinski definition) is 1. The topological polar surface area (TPSA) is 67.3 Å². The zero-order chi connectivity index (χ0) is 19.8. The Morgan fingerprint density at radius 2 is 1.89 bits per heavy atom. The Labute approximate surface area is 165 Å². The second kappa shape index (κ2) is 9.50. The van der Waals surface area contributed by atoms with Crippen LogP contribution in [-0.2, 0) is 13.0 Å². The fraction of sp³-hybridized carbons (Fsp3) is 0.227. The van der Waals surface area contributed by atoms with Crippen LogP contribution in [0.15, 0.2) is 67.1 Å². The maximum absolute atomic E-state index is 12.6. The van der Waals surface area contributed by atoms with E-state index in [0.717, 1.165) is 23.3 Å². The summed E-state index contributed by atoms with van der Waals surface area (Å²) < 4.78 is 5.35. The van der Waals surface area contributed by atoms with Gasteiger partial charge in [-0.25, -0.2) is 4.98 Å². The van der Waals surface area contributed by atoms with E-state index in [1.807, 2.05) is 42.5 Å². The molecule has 6 nitrogen and oxygen atoms in total. The summed E-state index contributed by atoms with van der Waals surface area (Å²) in [6, 6.07) is 15.4. The van der Waals surface area contributed by atoms with Crippen LogP contribution in [-0.4, -0.2) is 41.5 Å². The van der Waals surface area contributed by atoms with E-state index < -0.39 is 0 Å². The van der Waals surface area contributed by atoms with Crippen molar-refractivity contribution in [2.75, 3.05) is 26.0 Å². The van der Waals surface area contributed by atoms with E-state index in [1.165, 1.54) is 0 Å². The number of methoxy groups -OCH3 is 1. The SMILES string of the molecule is COc1ccccc1CNc1ccc(C(=O)N(C)CCc2ccncc2)cn1. The third-order valence-electron chi connectivity index (χ3n) is 4.49. The van der Waals surface area contributed by atoms with Gasteiger partial charge in [0.25, 0.3) is 5.91 Å². The molecule has 3 aromatic rings. The van der Waals surface area contributed by atoms with Crippen LogP contribution < -0.4 is 10.1 Å². The maximum atomic E-state index is 12.6. The van der Waals surface area contributed by atoms with Crippen molar-refractivity contribution < 1.29 is 9.53 Å². The maximum Gasteiger partial charge on any atom is 0.255 e. The van der Waals surface area contributed by atoms with Crippen LogP contribution in [0.3, 0.4) is 0 Å². The molecule has 28 heavy (non-hydrogen) atoms. The van der Waals surface area contributed by atoms with Gasteiger partial charge in [-0.2, -0.15) is 0 Å². The Balaban J connectivity index is 1.55. The van der Waals surface area contributed by atoms with Crippen molar-refractivity contribution in [2.45, 2.75) is 13.0 Å². The summed E-state index contributed by atoms with van der Waals surface area (Å²) in [5.74, 6) is 1.50. The highest BCUT2D eigenvalue weighted by Crippen LogP contribution is 2.18. The van der Waals surface area contributed by atoms with Crippen LogP contribution in [0.2, 0.25) is 0 Å². The molecule has 0 aliphatic heterocycles. The van der Waals surface area contributed by atoms with Gasteiger partial charge in [-0.3, -0.25) is 9.78 Å². The van der Waals surface area contributed by atoms with Gasteiger partial charge in [0.1, 0.15) is 11.6 Å². The summed E-state index contributed by atoms with van der Waals surface area (Å²) in [6.07, 6.45) is 5.92. The van der Waals surface area contributed by atoms with E-state index in [1.54, 1.807) is 43.7 Å². The number of amides is 1. The van der Waals surface area contributed by atoms with Crippen LogP contribution >= 0.6 is 0 Å². The smallest absolute Gasteiger partial charge is 0.255 e. The zero-order valence-corrected chi connectivity index (χ0v) is 16.1. The van der Waals surface area contributed by atoms with Gasteiger partial charge in [0.05, 0.1) is 12.7 Å². The van der Waals surface area contributed by atoms with Gasteiger partial charge < -0.3 is 15.0 Å². The first-order chi connectivity index (χ1) is 13.7. The molecule has 0 saturated carbocycles. The van der Waals surface area contributed by atoms with Crippen LogP contribution in [0, 0.1) is 0 Å². The lowest BCUT2D eigenvalue weighted by Gasteiger charge is -2.17. The summed E-state index contributed by atoms with van der Waals surface area (Å²) >= 11 is 0. The van der Waals surface area contributed by atoms with Gasteiger partial charge in [-0.15, -0.1) is 0 Å². The molecule has 6 heteroatoms. The van der Waals surface area contributed by atoms with E-state index in [-0.39, 0.29) is 5.91 Å². The van der Waals surface area contributed by atoms with Crippen molar-refractivity contribution in [1.82, 2.24) is 14.9 Å². The van der Waals surface area contributed by atoms with Crippen LogP contribution in [0.1, 0.15) is 21.5 Å². The Hall–Kier alpha value is -3.41. The van der Waals surface area contributed by atoms with Gasteiger partial charge in [0.2, 0.25) is 0 Å². The molecule has 0 bridgehead atoms. The Kier molecular flexibility index (Phi) is 6.57. The van der Waals surface area contributed by atoms with Crippen molar-refractivity contribution in [3.63, 3.8) is 0 Å². The minimum Gasteiger partial charge on any atom is -0.496 e. The number of nitrogens with one attached hydrogen (secondary N) is 1. The average Bonchev–Trinajstić information content (AvgIpc) is 2.76. The molecule has 2 heterocycles. The number of likely N-dealkylation sites (N-methyl/N-ethyl adjacent to an activating group) is 1. The molecule has 0 fully saturated rings. The first-order valence-corrected chi connectivity index (χ1v) is 9.13. The molecule has 1 aromatic carbocycles. The minimum atomic E-state index is -0.0437. The molecule has 0 saturated heterocycles. The quantitative estimate of drug-likeness (QED) is 0.653. The normalized spacial score (nSPS) is 10.4. The Morgan fingerprint density at radius 1 is 1.11 bits per heavy atom. The molecule has 0 aliphatic rings. The summed E-state index contributed by atoms with van der Waals surface area (Å²) in [6.45, 7) is 1.23. The molecular formula is C22H24N4O2. The number of hydrogen-bond acceptors (Lipinski definition) is 5. The number of benzene rings is 1. The van der Waals surface area contributed by atoms with Crippen LogP contribution in [0.5, 0.6) is 5.75 Å². The number of carbonyl (C=O) groups is 1. The molecule has 144 valence electrons. The molecule has 0 atom stereocenters. The van der Waals surface area contributed by atoms with Crippen molar-refractivity contribution >= 4 is 11.7 Å². The van der Waals surface area contributed by atoms with Gasteiger partial charge >= 0.3 is 0 Å². The fourth-order valence-electron chi connectivity index (χ4n) is 2.83. The van der Waals surface area contributed by atoms with Gasteiger partial charge in [0.15, 0.2) is 0 Å².